The predicted molar refractivity (Wildman–Crippen MR) is 177 cm³/mol. The Hall–Kier alpha value is -3.28. The molecule has 2 aromatic rings. The van der Waals surface area contributed by atoms with Crippen LogP contribution in [0.3, 0.4) is 0 Å². The van der Waals surface area contributed by atoms with Crippen LogP contribution in [0.2, 0.25) is 5.02 Å². The van der Waals surface area contributed by atoms with Gasteiger partial charge in [0.1, 0.15) is 0 Å². The van der Waals surface area contributed by atoms with Gasteiger partial charge in [0.05, 0.1) is 23.5 Å². The van der Waals surface area contributed by atoms with Crippen LogP contribution in [-0.4, -0.2) is 91.1 Å². The predicted octanol–water partition coefficient (Wildman–Crippen LogP) is 3.38. The Labute approximate surface area is 277 Å². The van der Waals surface area contributed by atoms with Crippen molar-refractivity contribution in [3.8, 4) is 0 Å². The molecule has 0 bridgehead atoms. The Balaban J connectivity index is 1.49. The molecule has 0 spiro atoms. The summed E-state index contributed by atoms with van der Waals surface area (Å²) in [6.07, 6.45) is 2.62. The number of piperidine rings is 1. The highest BCUT2D eigenvalue weighted by Crippen LogP contribution is 2.27. The number of rotatable bonds is 13. The number of carbonyl (C=O) groups is 4. The third-order valence-electron chi connectivity index (χ3n) is 9.24. The maximum absolute atomic E-state index is 14.1. The number of hydrogen-bond acceptors (Lipinski definition) is 7. The number of halogens is 1. The fourth-order valence-corrected chi connectivity index (χ4v) is 8.47. The third-order valence-corrected chi connectivity index (χ3v) is 11.2. The zero-order chi connectivity index (χ0) is 33.4. The second kappa shape index (κ2) is 16.0. The SMILES string of the molecule is CC(=O)N1CCC(N(C)C(=O)C[C@@H](CS(=O)(=O)Cc2ccccc2)C(=O)N2CCC[C@H]2C(=O)CCc2cc(Cl)ccc2CN)CC1. The summed E-state index contributed by atoms with van der Waals surface area (Å²) in [5, 5.41) is 0.552. The molecule has 2 saturated heterocycles. The van der Waals surface area contributed by atoms with Crippen molar-refractivity contribution in [2.24, 2.45) is 11.7 Å². The van der Waals surface area contributed by atoms with E-state index < -0.39 is 33.5 Å². The molecule has 10 nitrogen and oxygen atoms in total. The fourth-order valence-electron chi connectivity index (χ4n) is 6.59. The molecule has 0 aromatic heterocycles. The number of amides is 3. The lowest BCUT2D eigenvalue weighted by Gasteiger charge is -2.37. The molecule has 46 heavy (non-hydrogen) atoms. The summed E-state index contributed by atoms with van der Waals surface area (Å²) < 4.78 is 26.8. The number of hydrogen-bond donors (Lipinski definition) is 1. The number of ketones is 1. The van der Waals surface area contributed by atoms with Gasteiger partial charge in [0.25, 0.3) is 0 Å². The van der Waals surface area contributed by atoms with E-state index in [9.17, 15) is 27.6 Å². The first-order valence-electron chi connectivity index (χ1n) is 15.9. The van der Waals surface area contributed by atoms with E-state index in [0.717, 1.165) is 11.1 Å². The molecule has 3 amide bonds. The van der Waals surface area contributed by atoms with Crippen molar-refractivity contribution >= 4 is 44.9 Å². The molecule has 250 valence electrons. The molecule has 0 aliphatic carbocycles. The second-order valence-electron chi connectivity index (χ2n) is 12.5. The van der Waals surface area contributed by atoms with Crippen molar-refractivity contribution in [3.05, 3.63) is 70.2 Å². The molecule has 0 saturated carbocycles. The van der Waals surface area contributed by atoms with Crippen molar-refractivity contribution in [1.29, 1.82) is 0 Å². The lowest BCUT2D eigenvalue weighted by Crippen LogP contribution is -2.49. The summed E-state index contributed by atoms with van der Waals surface area (Å²) in [5.74, 6) is -2.81. The van der Waals surface area contributed by atoms with Gasteiger partial charge in [0.2, 0.25) is 17.7 Å². The maximum atomic E-state index is 14.1. The van der Waals surface area contributed by atoms with Crippen molar-refractivity contribution in [2.45, 2.75) is 76.3 Å². The van der Waals surface area contributed by atoms with Crippen LogP contribution >= 0.6 is 11.6 Å². The van der Waals surface area contributed by atoms with E-state index in [-0.39, 0.29) is 42.2 Å². The number of nitrogens with zero attached hydrogens (tertiary/aromatic N) is 3. The van der Waals surface area contributed by atoms with E-state index in [1.54, 1.807) is 59.3 Å². The lowest BCUT2D eigenvalue weighted by atomic mass is 9.97. The minimum absolute atomic E-state index is 0.0104. The van der Waals surface area contributed by atoms with Crippen LogP contribution < -0.4 is 5.73 Å². The first-order valence-corrected chi connectivity index (χ1v) is 18.1. The molecule has 2 aliphatic rings. The second-order valence-corrected chi connectivity index (χ2v) is 15.0. The average molecular weight is 673 g/mol. The monoisotopic (exact) mass is 672 g/mol. The van der Waals surface area contributed by atoms with E-state index in [0.29, 0.717) is 68.9 Å². The zero-order valence-corrected chi connectivity index (χ0v) is 28.3. The van der Waals surface area contributed by atoms with Gasteiger partial charge in [-0.15, -0.1) is 0 Å². The Kier molecular flexibility index (Phi) is 12.4. The van der Waals surface area contributed by atoms with Gasteiger partial charge in [-0.25, -0.2) is 8.42 Å². The Morgan fingerprint density at radius 1 is 1.00 bits per heavy atom. The van der Waals surface area contributed by atoms with Gasteiger partial charge in [-0.05, 0) is 60.9 Å². The van der Waals surface area contributed by atoms with Crippen LogP contribution in [0.15, 0.2) is 48.5 Å². The van der Waals surface area contributed by atoms with Crippen LogP contribution in [0.1, 0.15) is 62.1 Å². The smallest absolute Gasteiger partial charge is 0.227 e. The number of nitrogens with two attached hydrogens (primary N) is 1. The maximum Gasteiger partial charge on any atom is 0.227 e. The third kappa shape index (κ3) is 9.39. The van der Waals surface area contributed by atoms with Crippen LogP contribution in [-0.2, 0) is 47.7 Å². The van der Waals surface area contributed by atoms with Crippen molar-refractivity contribution < 1.29 is 27.6 Å². The minimum atomic E-state index is -3.79. The standard InChI is InChI=1S/C34H45ClN4O6S/c1-24(40)38-17-14-30(15-18-38)37(2)33(42)20-28(23-46(44,45)22-25-7-4-3-5-8-25)34(43)39-16-6-9-31(39)32(41)13-11-26-19-29(35)12-10-27(26)21-36/h3-5,7-8,10,12,19,28,30-31H,6,9,11,13-18,20-23,36H2,1-2H3/t28-,31-/m0/s1. The Morgan fingerprint density at radius 3 is 2.35 bits per heavy atom. The summed E-state index contributed by atoms with van der Waals surface area (Å²) >= 11 is 6.18. The molecule has 2 aliphatic heterocycles. The molecule has 0 unspecified atom stereocenters. The number of Topliss-reactive ketones (excluding diaryl/α,β-unsaturated/α-hetero) is 1. The summed E-state index contributed by atoms with van der Waals surface area (Å²) in [5.41, 5.74) is 8.25. The van der Waals surface area contributed by atoms with Gasteiger partial charge in [0, 0.05) is 64.1 Å². The Bertz CT molecular complexity index is 1510. The number of aryl methyl sites for hydroxylation is 1. The molecule has 2 N–H and O–H groups in total. The summed E-state index contributed by atoms with van der Waals surface area (Å²) in [6, 6.07) is 13.3. The molecule has 12 heteroatoms. The highest BCUT2D eigenvalue weighted by molar-refractivity contribution is 7.90. The summed E-state index contributed by atoms with van der Waals surface area (Å²) in [4.78, 5) is 57.8. The molecule has 2 heterocycles. The highest BCUT2D eigenvalue weighted by Gasteiger charge is 2.40. The van der Waals surface area contributed by atoms with Crippen LogP contribution in [0, 0.1) is 5.92 Å². The molecule has 2 atom stereocenters. The number of benzene rings is 2. The normalized spacial score (nSPS) is 18.0. The first kappa shape index (κ1) is 35.6. The molecular weight excluding hydrogens is 628 g/mol. The zero-order valence-electron chi connectivity index (χ0n) is 26.7. The van der Waals surface area contributed by atoms with E-state index in [1.807, 2.05) is 6.07 Å². The van der Waals surface area contributed by atoms with E-state index in [4.69, 9.17) is 17.3 Å². The topological polar surface area (TPSA) is 138 Å². The quantitative estimate of drug-likeness (QED) is 0.344. The molecule has 4 rings (SSSR count). The van der Waals surface area contributed by atoms with Crippen LogP contribution in [0.5, 0.6) is 0 Å². The fraction of sp³-hybridized carbons (Fsp3) is 0.529. The van der Waals surface area contributed by atoms with E-state index in [2.05, 4.69) is 0 Å². The van der Waals surface area contributed by atoms with E-state index >= 15 is 0 Å². The summed E-state index contributed by atoms with van der Waals surface area (Å²) in [7, 11) is -2.12. The molecule has 2 aromatic carbocycles. The van der Waals surface area contributed by atoms with E-state index in [1.165, 1.54) is 11.8 Å². The summed E-state index contributed by atoms with van der Waals surface area (Å²) in [6.45, 7) is 3.22. The van der Waals surface area contributed by atoms with Crippen molar-refractivity contribution in [2.75, 3.05) is 32.4 Å². The lowest BCUT2D eigenvalue weighted by molar-refractivity contribution is -0.144. The van der Waals surface area contributed by atoms with Crippen LogP contribution in [0.25, 0.3) is 0 Å². The van der Waals surface area contributed by atoms with Gasteiger partial charge in [0.15, 0.2) is 15.6 Å². The number of likely N-dealkylation sites (tertiary alicyclic amines) is 2. The molecule has 2 fully saturated rings. The number of sulfone groups is 1. The van der Waals surface area contributed by atoms with Crippen molar-refractivity contribution in [3.63, 3.8) is 0 Å². The van der Waals surface area contributed by atoms with Gasteiger partial charge in [-0.1, -0.05) is 48.0 Å². The Morgan fingerprint density at radius 2 is 1.70 bits per heavy atom. The largest absolute Gasteiger partial charge is 0.343 e. The highest BCUT2D eigenvalue weighted by atomic mass is 35.5. The minimum Gasteiger partial charge on any atom is -0.343 e. The average Bonchev–Trinajstić information content (AvgIpc) is 3.53. The first-order chi connectivity index (χ1) is 21.9. The van der Waals surface area contributed by atoms with Crippen LogP contribution in [0.4, 0.5) is 0 Å². The van der Waals surface area contributed by atoms with Gasteiger partial charge in [-0.3, -0.25) is 19.2 Å². The van der Waals surface area contributed by atoms with Crippen molar-refractivity contribution in [1.82, 2.24) is 14.7 Å². The molecule has 0 radical (unpaired) electrons. The van der Waals surface area contributed by atoms with Gasteiger partial charge in [-0.2, -0.15) is 0 Å². The van der Waals surface area contributed by atoms with Gasteiger partial charge >= 0.3 is 0 Å². The van der Waals surface area contributed by atoms with Gasteiger partial charge < -0.3 is 20.4 Å². The molecular formula is C34H45ClN4O6S. The number of carbonyl (C=O) groups excluding carboxylic acids is 4.